The first-order valence-corrected chi connectivity index (χ1v) is 11.0. The summed E-state index contributed by atoms with van der Waals surface area (Å²) in [5, 5.41) is 0.309. The van der Waals surface area contributed by atoms with Crippen LogP contribution in [-0.2, 0) is 14.1 Å². The molecular weight excluding hydrogens is 452 g/mol. The normalized spacial score (nSPS) is 14.5. The predicted molar refractivity (Wildman–Crippen MR) is 128 cm³/mol. The van der Waals surface area contributed by atoms with Crippen molar-refractivity contribution in [3.05, 3.63) is 117 Å². The first kappa shape index (κ1) is 21.1. The van der Waals surface area contributed by atoms with E-state index in [1.165, 1.54) is 35.9 Å². The number of hydrogen-bond donors (Lipinski definition) is 0. The van der Waals surface area contributed by atoms with Crippen molar-refractivity contribution in [3.8, 4) is 22.7 Å². The van der Waals surface area contributed by atoms with E-state index in [1.54, 1.807) is 31.3 Å². The molecule has 0 amide bonds. The summed E-state index contributed by atoms with van der Waals surface area (Å²) < 4.78 is 38.3. The minimum atomic E-state index is -0.736. The van der Waals surface area contributed by atoms with Gasteiger partial charge in [0.2, 0.25) is 0 Å². The Balaban J connectivity index is 1.85. The van der Waals surface area contributed by atoms with E-state index in [0.717, 1.165) is 4.57 Å². The highest BCUT2D eigenvalue weighted by molar-refractivity contribution is 5.98. The van der Waals surface area contributed by atoms with E-state index in [2.05, 4.69) is 0 Å². The molecule has 0 spiro atoms. The molecule has 8 heteroatoms. The van der Waals surface area contributed by atoms with Crippen LogP contribution in [0.4, 0.5) is 8.78 Å². The molecule has 0 radical (unpaired) electrons. The Morgan fingerprint density at radius 2 is 1.43 bits per heavy atom. The predicted octanol–water partition coefficient (Wildman–Crippen LogP) is 4.45. The van der Waals surface area contributed by atoms with Crippen molar-refractivity contribution in [1.29, 1.82) is 0 Å². The molecule has 1 unspecified atom stereocenters. The average Bonchev–Trinajstić information content (AvgIpc) is 3.23. The summed E-state index contributed by atoms with van der Waals surface area (Å²) in [5.41, 5.74) is 2.45. The minimum Gasteiger partial charge on any atom is -0.477 e. The van der Waals surface area contributed by atoms with Gasteiger partial charge in [0, 0.05) is 14.1 Å². The summed E-state index contributed by atoms with van der Waals surface area (Å²) in [4.78, 5) is 26.5. The van der Waals surface area contributed by atoms with Crippen LogP contribution >= 0.6 is 0 Å². The lowest BCUT2D eigenvalue weighted by Gasteiger charge is -2.30. The summed E-state index contributed by atoms with van der Waals surface area (Å²) in [5.74, 6) is -0.241. The number of fused-ring (bicyclic) bond motifs is 5. The standard InChI is InChI=1S/C27H19F2N3O3/c1-30-23-21(26(33)31(2)27(30)34)22(15-7-11-17(28)12-8-15)32-19-5-3-4-6-20(19)35-25(24(23)32)16-9-13-18(29)14-10-16/h3-14,25H,1-2H3. The highest BCUT2D eigenvalue weighted by Crippen LogP contribution is 2.46. The number of aromatic nitrogens is 3. The fourth-order valence-electron chi connectivity index (χ4n) is 4.86. The van der Waals surface area contributed by atoms with Gasteiger partial charge < -0.3 is 9.30 Å². The third kappa shape index (κ3) is 2.99. The molecule has 0 bridgehead atoms. The quantitative estimate of drug-likeness (QED) is 0.382. The van der Waals surface area contributed by atoms with Crippen molar-refractivity contribution < 1.29 is 13.5 Å². The first-order valence-electron chi connectivity index (χ1n) is 11.0. The van der Waals surface area contributed by atoms with Gasteiger partial charge >= 0.3 is 5.69 Å². The van der Waals surface area contributed by atoms with Gasteiger partial charge in [0.15, 0.2) is 6.10 Å². The second-order valence-electron chi connectivity index (χ2n) is 8.52. The molecule has 6 rings (SSSR count). The summed E-state index contributed by atoms with van der Waals surface area (Å²) in [6.45, 7) is 0. The molecular formula is C27H19F2N3O3. The van der Waals surface area contributed by atoms with Gasteiger partial charge in [-0.05, 0) is 59.7 Å². The van der Waals surface area contributed by atoms with Crippen LogP contribution in [0.1, 0.15) is 17.4 Å². The van der Waals surface area contributed by atoms with E-state index in [9.17, 15) is 18.4 Å². The van der Waals surface area contributed by atoms with Crippen molar-refractivity contribution in [1.82, 2.24) is 13.7 Å². The van der Waals surface area contributed by atoms with Crippen LogP contribution in [0, 0.1) is 11.6 Å². The fraction of sp³-hybridized carbons (Fsp3) is 0.111. The molecule has 2 aromatic heterocycles. The lowest BCUT2D eigenvalue weighted by Crippen LogP contribution is -2.37. The smallest absolute Gasteiger partial charge is 0.331 e. The molecule has 0 aliphatic carbocycles. The Bertz CT molecular complexity index is 1750. The molecule has 1 atom stereocenters. The highest BCUT2D eigenvalue weighted by atomic mass is 19.1. The summed E-state index contributed by atoms with van der Waals surface area (Å²) in [6, 6.07) is 19.1. The molecule has 0 saturated heterocycles. The van der Waals surface area contributed by atoms with Crippen LogP contribution in [0.15, 0.2) is 82.4 Å². The van der Waals surface area contributed by atoms with Crippen molar-refractivity contribution >= 4 is 10.9 Å². The van der Waals surface area contributed by atoms with Crippen molar-refractivity contribution in [3.63, 3.8) is 0 Å². The minimum absolute atomic E-state index is 0.309. The zero-order valence-electron chi connectivity index (χ0n) is 18.8. The van der Waals surface area contributed by atoms with Crippen molar-refractivity contribution in [2.45, 2.75) is 6.10 Å². The molecule has 1 aliphatic heterocycles. The van der Waals surface area contributed by atoms with Gasteiger partial charge in [-0.15, -0.1) is 0 Å². The van der Waals surface area contributed by atoms with Gasteiger partial charge in [0.25, 0.3) is 5.56 Å². The Morgan fingerprint density at radius 3 is 2.11 bits per heavy atom. The third-order valence-electron chi connectivity index (χ3n) is 6.50. The highest BCUT2D eigenvalue weighted by Gasteiger charge is 2.36. The molecule has 1 aliphatic rings. The maximum absolute atomic E-state index is 13.8. The number of ether oxygens (including phenoxy) is 1. The topological polar surface area (TPSA) is 58.2 Å². The van der Waals surface area contributed by atoms with E-state index in [-0.39, 0.29) is 0 Å². The number of rotatable bonds is 2. The summed E-state index contributed by atoms with van der Waals surface area (Å²) in [7, 11) is 3.03. The van der Waals surface area contributed by atoms with Gasteiger partial charge in [-0.1, -0.05) is 24.3 Å². The second-order valence-corrected chi connectivity index (χ2v) is 8.52. The van der Waals surface area contributed by atoms with Gasteiger partial charge in [-0.2, -0.15) is 0 Å². The molecule has 0 fully saturated rings. The molecule has 35 heavy (non-hydrogen) atoms. The number of aryl methyl sites for hydroxylation is 1. The Kier molecular flexibility index (Phi) is 4.54. The van der Waals surface area contributed by atoms with Gasteiger partial charge in [0.05, 0.1) is 28.0 Å². The van der Waals surface area contributed by atoms with Crippen LogP contribution in [0.5, 0.6) is 5.75 Å². The molecule has 3 heterocycles. The Hall–Kier alpha value is -4.46. The number of halogens is 2. The van der Waals surface area contributed by atoms with E-state index < -0.39 is 29.0 Å². The number of para-hydroxylation sites is 2. The maximum atomic E-state index is 13.8. The Morgan fingerprint density at radius 1 is 0.800 bits per heavy atom. The zero-order chi connectivity index (χ0) is 24.4. The summed E-state index contributed by atoms with van der Waals surface area (Å²) in [6.07, 6.45) is -0.736. The average molecular weight is 471 g/mol. The zero-order valence-corrected chi connectivity index (χ0v) is 18.8. The number of hydrogen-bond acceptors (Lipinski definition) is 3. The largest absolute Gasteiger partial charge is 0.477 e. The van der Waals surface area contributed by atoms with Crippen molar-refractivity contribution in [2.24, 2.45) is 14.1 Å². The van der Waals surface area contributed by atoms with Gasteiger partial charge in [-0.25, -0.2) is 13.6 Å². The third-order valence-corrected chi connectivity index (χ3v) is 6.50. The maximum Gasteiger partial charge on any atom is 0.331 e. The monoisotopic (exact) mass is 471 g/mol. The molecule has 3 aromatic carbocycles. The lowest BCUT2D eigenvalue weighted by molar-refractivity contribution is 0.229. The van der Waals surface area contributed by atoms with E-state index in [1.807, 2.05) is 28.8 Å². The molecule has 174 valence electrons. The first-order chi connectivity index (χ1) is 16.9. The molecule has 6 nitrogen and oxygen atoms in total. The molecule has 0 N–H and O–H groups in total. The van der Waals surface area contributed by atoms with Crippen LogP contribution in [0.25, 0.3) is 27.8 Å². The van der Waals surface area contributed by atoms with Gasteiger partial charge in [0.1, 0.15) is 17.4 Å². The summed E-state index contributed by atoms with van der Waals surface area (Å²) >= 11 is 0. The van der Waals surface area contributed by atoms with Crippen LogP contribution in [0.3, 0.4) is 0 Å². The Labute approximate surface area is 197 Å². The molecule has 5 aromatic rings. The number of benzene rings is 3. The fourth-order valence-corrected chi connectivity index (χ4v) is 4.86. The SMILES string of the molecule is Cn1c(=O)c2c(-c3ccc(F)cc3)n3c(c2n(C)c1=O)C(c1ccc(F)cc1)Oc1ccccc1-3. The van der Waals surface area contributed by atoms with Crippen LogP contribution in [-0.4, -0.2) is 13.7 Å². The molecule has 0 saturated carbocycles. The van der Waals surface area contributed by atoms with Gasteiger partial charge in [-0.3, -0.25) is 13.9 Å². The van der Waals surface area contributed by atoms with Crippen molar-refractivity contribution in [2.75, 3.05) is 0 Å². The second kappa shape index (κ2) is 7.53. The van der Waals surface area contributed by atoms with Crippen LogP contribution < -0.4 is 16.0 Å². The van der Waals surface area contributed by atoms with E-state index in [4.69, 9.17) is 4.74 Å². The van der Waals surface area contributed by atoms with E-state index in [0.29, 0.717) is 44.9 Å². The lowest BCUT2D eigenvalue weighted by atomic mass is 10.0. The van der Waals surface area contributed by atoms with E-state index >= 15 is 0 Å². The number of nitrogens with zero attached hydrogens (tertiary/aromatic N) is 3. The van der Waals surface area contributed by atoms with Crippen LogP contribution in [0.2, 0.25) is 0 Å².